The van der Waals surface area contributed by atoms with Gasteiger partial charge >= 0.3 is 0 Å². The van der Waals surface area contributed by atoms with Crippen molar-refractivity contribution in [2.24, 2.45) is 0 Å². The number of nitrogens with zero attached hydrogens (tertiary/aromatic N) is 3. The standard InChI is InChI=1S/C15H22N4OS/c1-10(2)15-17-13(9-21-15)8-16-14(20)5-6-19-12(4)7-11(3)18-19/h7,9-10H,5-6,8H2,1-4H3,(H,16,20). The van der Waals surface area contributed by atoms with Crippen LogP contribution in [0.15, 0.2) is 11.4 Å². The monoisotopic (exact) mass is 306 g/mol. The fraction of sp³-hybridized carbons (Fsp3) is 0.533. The van der Waals surface area contributed by atoms with Crippen LogP contribution in [-0.2, 0) is 17.9 Å². The molecule has 0 radical (unpaired) electrons. The third kappa shape index (κ3) is 4.39. The first-order chi connectivity index (χ1) is 9.95. The minimum atomic E-state index is 0.0293. The normalized spacial score (nSPS) is 11.1. The van der Waals surface area contributed by atoms with Crippen molar-refractivity contribution in [3.05, 3.63) is 33.5 Å². The van der Waals surface area contributed by atoms with E-state index in [0.29, 0.717) is 25.4 Å². The Morgan fingerprint density at radius 2 is 2.19 bits per heavy atom. The largest absolute Gasteiger partial charge is 0.350 e. The summed E-state index contributed by atoms with van der Waals surface area (Å²) in [6.45, 7) is 9.31. The molecule has 0 aromatic carbocycles. The highest BCUT2D eigenvalue weighted by atomic mass is 32.1. The molecule has 0 saturated heterocycles. The second kappa shape index (κ2) is 6.85. The number of aryl methyl sites for hydroxylation is 3. The Morgan fingerprint density at radius 1 is 1.43 bits per heavy atom. The fourth-order valence-corrected chi connectivity index (χ4v) is 2.89. The highest BCUT2D eigenvalue weighted by molar-refractivity contribution is 7.09. The summed E-state index contributed by atoms with van der Waals surface area (Å²) >= 11 is 1.65. The van der Waals surface area contributed by atoms with Gasteiger partial charge in [-0.1, -0.05) is 13.8 Å². The summed E-state index contributed by atoms with van der Waals surface area (Å²) in [6.07, 6.45) is 0.434. The van der Waals surface area contributed by atoms with E-state index >= 15 is 0 Å². The van der Waals surface area contributed by atoms with Crippen molar-refractivity contribution in [2.75, 3.05) is 0 Å². The van der Waals surface area contributed by atoms with Crippen molar-refractivity contribution in [1.29, 1.82) is 0 Å². The Bertz CT molecular complexity index is 615. The molecule has 1 amide bonds. The van der Waals surface area contributed by atoms with Gasteiger partial charge in [-0.05, 0) is 19.9 Å². The van der Waals surface area contributed by atoms with Crippen LogP contribution in [0, 0.1) is 13.8 Å². The Hall–Kier alpha value is -1.69. The van der Waals surface area contributed by atoms with E-state index in [4.69, 9.17) is 0 Å². The fourth-order valence-electron chi connectivity index (χ4n) is 2.06. The van der Waals surface area contributed by atoms with Gasteiger partial charge in [-0.15, -0.1) is 11.3 Å². The van der Waals surface area contributed by atoms with Crippen molar-refractivity contribution in [3.63, 3.8) is 0 Å². The van der Waals surface area contributed by atoms with E-state index in [1.165, 1.54) is 0 Å². The molecule has 0 unspecified atom stereocenters. The number of aromatic nitrogens is 3. The minimum absolute atomic E-state index is 0.0293. The number of thiazole rings is 1. The first-order valence-electron chi connectivity index (χ1n) is 7.17. The summed E-state index contributed by atoms with van der Waals surface area (Å²) in [7, 11) is 0. The average Bonchev–Trinajstić information content (AvgIpc) is 3.01. The van der Waals surface area contributed by atoms with Gasteiger partial charge in [0.1, 0.15) is 0 Å². The van der Waals surface area contributed by atoms with Crippen LogP contribution in [0.25, 0.3) is 0 Å². The molecular weight excluding hydrogens is 284 g/mol. The van der Waals surface area contributed by atoms with Gasteiger partial charge in [0.15, 0.2) is 0 Å². The summed E-state index contributed by atoms with van der Waals surface area (Å²) in [5.74, 6) is 0.465. The van der Waals surface area contributed by atoms with Gasteiger partial charge in [0.25, 0.3) is 0 Å². The molecule has 2 aromatic heterocycles. The van der Waals surface area contributed by atoms with Crippen LogP contribution in [0.4, 0.5) is 0 Å². The molecule has 2 aromatic rings. The molecule has 0 aliphatic heterocycles. The third-order valence-corrected chi connectivity index (χ3v) is 4.38. The lowest BCUT2D eigenvalue weighted by Crippen LogP contribution is -2.24. The number of nitrogens with one attached hydrogen (secondary N) is 1. The highest BCUT2D eigenvalue weighted by Crippen LogP contribution is 2.18. The molecule has 0 aliphatic carbocycles. The maximum Gasteiger partial charge on any atom is 0.222 e. The third-order valence-electron chi connectivity index (χ3n) is 3.18. The van der Waals surface area contributed by atoms with E-state index in [-0.39, 0.29) is 5.91 Å². The summed E-state index contributed by atoms with van der Waals surface area (Å²) in [4.78, 5) is 16.4. The lowest BCUT2D eigenvalue weighted by Gasteiger charge is -2.05. The predicted molar refractivity (Wildman–Crippen MR) is 84.4 cm³/mol. The van der Waals surface area contributed by atoms with E-state index in [1.54, 1.807) is 11.3 Å². The van der Waals surface area contributed by atoms with E-state index in [9.17, 15) is 4.79 Å². The highest BCUT2D eigenvalue weighted by Gasteiger charge is 2.08. The van der Waals surface area contributed by atoms with Gasteiger partial charge in [-0.3, -0.25) is 9.48 Å². The van der Waals surface area contributed by atoms with Crippen LogP contribution >= 0.6 is 11.3 Å². The Balaban J connectivity index is 1.78. The number of amides is 1. The van der Waals surface area contributed by atoms with Gasteiger partial charge in [0, 0.05) is 30.0 Å². The zero-order chi connectivity index (χ0) is 15.4. The number of rotatable bonds is 6. The molecule has 2 rings (SSSR count). The SMILES string of the molecule is Cc1cc(C)n(CCC(=O)NCc2csc(C(C)C)n2)n1. The summed E-state index contributed by atoms with van der Waals surface area (Å²) in [5, 5.41) is 10.4. The van der Waals surface area contributed by atoms with Crippen LogP contribution in [0.1, 0.15) is 48.3 Å². The van der Waals surface area contributed by atoms with Crippen molar-refractivity contribution in [1.82, 2.24) is 20.1 Å². The lowest BCUT2D eigenvalue weighted by molar-refractivity contribution is -0.121. The van der Waals surface area contributed by atoms with Gasteiger partial charge in [0.05, 0.1) is 22.9 Å². The Morgan fingerprint density at radius 3 is 2.76 bits per heavy atom. The van der Waals surface area contributed by atoms with E-state index < -0.39 is 0 Å². The predicted octanol–water partition coefficient (Wildman–Crippen LogP) is 2.79. The molecule has 0 bridgehead atoms. The van der Waals surface area contributed by atoms with Crippen LogP contribution in [0.5, 0.6) is 0 Å². The van der Waals surface area contributed by atoms with Gasteiger partial charge in [-0.2, -0.15) is 5.10 Å². The van der Waals surface area contributed by atoms with Crippen LogP contribution in [0.2, 0.25) is 0 Å². The summed E-state index contributed by atoms with van der Waals surface area (Å²) in [5.41, 5.74) is 3.00. The van der Waals surface area contributed by atoms with Crippen molar-refractivity contribution in [2.45, 2.75) is 53.1 Å². The smallest absolute Gasteiger partial charge is 0.222 e. The zero-order valence-corrected chi connectivity index (χ0v) is 13.8. The molecule has 0 spiro atoms. The molecule has 21 heavy (non-hydrogen) atoms. The molecule has 0 fully saturated rings. The van der Waals surface area contributed by atoms with E-state index in [2.05, 4.69) is 29.2 Å². The van der Waals surface area contributed by atoms with Crippen molar-refractivity contribution < 1.29 is 4.79 Å². The van der Waals surface area contributed by atoms with Gasteiger partial charge in [0.2, 0.25) is 5.91 Å². The zero-order valence-electron chi connectivity index (χ0n) is 13.0. The molecule has 0 aliphatic rings. The lowest BCUT2D eigenvalue weighted by atomic mass is 10.2. The van der Waals surface area contributed by atoms with E-state index in [1.807, 2.05) is 30.0 Å². The van der Waals surface area contributed by atoms with Gasteiger partial charge in [-0.25, -0.2) is 4.98 Å². The first kappa shape index (κ1) is 15.7. The first-order valence-corrected chi connectivity index (χ1v) is 8.05. The Kier molecular flexibility index (Phi) is 5.12. The second-order valence-electron chi connectivity index (χ2n) is 5.51. The molecular formula is C15H22N4OS. The average molecular weight is 306 g/mol. The maximum absolute atomic E-state index is 11.9. The van der Waals surface area contributed by atoms with E-state index in [0.717, 1.165) is 22.1 Å². The van der Waals surface area contributed by atoms with Crippen molar-refractivity contribution in [3.8, 4) is 0 Å². The summed E-state index contributed by atoms with van der Waals surface area (Å²) in [6, 6.07) is 2.01. The number of carbonyl (C=O) groups excluding carboxylic acids is 1. The van der Waals surface area contributed by atoms with Crippen LogP contribution in [-0.4, -0.2) is 20.7 Å². The summed E-state index contributed by atoms with van der Waals surface area (Å²) < 4.78 is 1.87. The molecule has 6 heteroatoms. The molecule has 5 nitrogen and oxygen atoms in total. The van der Waals surface area contributed by atoms with Gasteiger partial charge < -0.3 is 5.32 Å². The second-order valence-corrected chi connectivity index (χ2v) is 6.40. The van der Waals surface area contributed by atoms with Crippen LogP contribution < -0.4 is 5.32 Å². The number of hydrogen-bond donors (Lipinski definition) is 1. The topological polar surface area (TPSA) is 59.8 Å². The molecule has 0 saturated carbocycles. The quantitative estimate of drug-likeness (QED) is 0.892. The molecule has 114 valence electrons. The molecule has 1 N–H and O–H groups in total. The number of carbonyl (C=O) groups is 1. The number of hydrogen-bond acceptors (Lipinski definition) is 4. The molecule has 0 atom stereocenters. The maximum atomic E-state index is 11.9. The Labute approximate surface area is 129 Å². The molecule has 2 heterocycles. The van der Waals surface area contributed by atoms with Crippen molar-refractivity contribution >= 4 is 17.2 Å². The minimum Gasteiger partial charge on any atom is -0.350 e. The van der Waals surface area contributed by atoms with Crippen LogP contribution in [0.3, 0.4) is 0 Å².